The van der Waals surface area contributed by atoms with Gasteiger partial charge in [0.05, 0.1) is 6.10 Å². The fraction of sp³-hybridized carbons (Fsp3) is 0.588. The molecule has 0 aliphatic heterocycles. The third kappa shape index (κ3) is 3.52. The van der Waals surface area contributed by atoms with Crippen LogP contribution in [0.15, 0.2) is 18.2 Å². The van der Waals surface area contributed by atoms with Crippen LogP contribution in [0.25, 0.3) is 0 Å². The van der Waals surface area contributed by atoms with Crippen molar-refractivity contribution in [2.75, 3.05) is 6.61 Å². The Bertz CT molecular complexity index is 580. The van der Waals surface area contributed by atoms with Crippen LogP contribution in [0, 0.1) is 18.2 Å². The smallest absolute Gasteiger partial charge is 0.241 e. The summed E-state index contributed by atoms with van der Waals surface area (Å²) in [6.45, 7) is 8.40. The molecular formula is C17H26ClFN2O2. The molecule has 1 aliphatic carbocycles. The lowest BCUT2D eigenvalue weighted by molar-refractivity contribution is -0.170. The molecule has 1 aliphatic rings. The SMILES string of the molecule is CCOC1CC(N)(C(=O)NCc2ccc(C)c(F)c2)C1(C)C.Cl. The quantitative estimate of drug-likeness (QED) is 0.863. The van der Waals surface area contributed by atoms with Crippen LogP contribution >= 0.6 is 12.4 Å². The van der Waals surface area contributed by atoms with Crippen LogP contribution in [0.2, 0.25) is 0 Å². The van der Waals surface area contributed by atoms with Gasteiger partial charge in [-0.2, -0.15) is 0 Å². The molecule has 1 aromatic rings. The molecule has 130 valence electrons. The van der Waals surface area contributed by atoms with Crippen molar-refractivity contribution in [1.82, 2.24) is 5.32 Å². The highest BCUT2D eigenvalue weighted by Gasteiger charge is 2.62. The molecule has 0 aromatic heterocycles. The van der Waals surface area contributed by atoms with E-state index in [1.165, 1.54) is 6.07 Å². The lowest BCUT2D eigenvalue weighted by atomic mass is 9.54. The first-order valence-corrected chi connectivity index (χ1v) is 7.66. The van der Waals surface area contributed by atoms with Gasteiger partial charge in [-0.05, 0) is 31.0 Å². The van der Waals surface area contributed by atoms with Crippen molar-refractivity contribution in [2.45, 2.75) is 52.3 Å². The lowest BCUT2D eigenvalue weighted by Gasteiger charge is -2.57. The zero-order valence-electron chi connectivity index (χ0n) is 14.1. The molecule has 4 nitrogen and oxygen atoms in total. The Labute approximate surface area is 143 Å². The van der Waals surface area contributed by atoms with E-state index in [0.29, 0.717) is 18.6 Å². The van der Waals surface area contributed by atoms with Crippen molar-refractivity contribution >= 4 is 18.3 Å². The van der Waals surface area contributed by atoms with Crippen LogP contribution in [0.3, 0.4) is 0 Å². The van der Waals surface area contributed by atoms with E-state index in [4.69, 9.17) is 10.5 Å². The topological polar surface area (TPSA) is 64.3 Å². The van der Waals surface area contributed by atoms with Gasteiger partial charge in [-0.15, -0.1) is 12.4 Å². The molecule has 6 heteroatoms. The molecule has 3 N–H and O–H groups in total. The van der Waals surface area contributed by atoms with Crippen LogP contribution in [0.5, 0.6) is 0 Å². The zero-order chi connectivity index (χ0) is 16.5. The zero-order valence-corrected chi connectivity index (χ0v) is 14.9. The number of amides is 1. The van der Waals surface area contributed by atoms with Gasteiger partial charge < -0.3 is 15.8 Å². The number of carbonyl (C=O) groups is 1. The predicted octanol–water partition coefficient (Wildman–Crippen LogP) is 2.70. The number of benzene rings is 1. The van der Waals surface area contributed by atoms with E-state index in [2.05, 4.69) is 5.32 Å². The first-order valence-electron chi connectivity index (χ1n) is 7.66. The average molecular weight is 345 g/mol. The van der Waals surface area contributed by atoms with E-state index >= 15 is 0 Å². The van der Waals surface area contributed by atoms with Crippen molar-refractivity contribution < 1.29 is 13.9 Å². The number of hydrogen-bond acceptors (Lipinski definition) is 3. The number of carbonyl (C=O) groups excluding carboxylic acids is 1. The van der Waals surface area contributed by atoms with Crippen LogP contribution in [-0.4, -0.2) is 24.2 Å². The summed E-state index contributed by atoms with van der Waals surface area (Å²) in [6, 6.07) is 4.94. The van der Waals surface area contributed by atoms with E-state index in [0.717, 1.165) is 5.56 Å². The Balaban J connectivity index is 0.00000264. The summed E-state index contributed by atoms with van der Waals surface area (Å²) >= 11 is 0. The Morgan fingerprint density at radius 3 is 2.65 bits per heavy atom. The van der Waals surface area contributed by atoms with Gasteiger partial charge in [0.1, 0.15) is 11.4 Å². The van der Waals surface area contributed by atoms with E-state index in [-0.39, 0.29) is 36.8 Å². The summed E-state index contributed by atoms with van der Waals surface area (Å²) in [4.78, 5) is 12.5. The maximum absolute atomic E-state index is 13.5. The van der Waals surface area contributed by atoms with Crippen molar-refractivity contribution in [3.63, 3.8) is 0 Å². The van der Waals surface area contributed by atoms with E-state index in [1.807, 2.05) is 20.8 Å². The maximum Gasteiger partial charge on any atom is 0.241 e. The minimum absolute atomic E-state index is 0. The van der Waals surface area contributed by atoms with Gasteiger partial charge in [0.25, 0.3) is 0 Å². The van der Waals surface area contributed by atoms with Crippen molar-refractivity contribution in [3.05, 3.63) is 35.1 Å². The summed E-state index contributed by atoms with van der Waals surface area (Å²) < 4.78 is 19.1. The Morgan fingerprint density at radius 1 is 1.48 bits per heavy atom. The number of aryl methyl sites for hydroxylation is 1. The van der Waals surface area contributed by atoms with E-state index < -0.39 is 11.0 Å². The number of rotatable bonds is 5. The second-order valence-corrected chi connectivity index (χ2v) is 6.61. The van der Waals surface area contributed by atoms with Gasteiger partial charge in [0.2, 0.25) is 5.91 Å². The maximum atomic E-state index is 13.5. The lowest BCUT2D eigenvalue weighted by Crippen LogP contribution is -2.75. The normalized spacial score (nSPS) is 25.2. The van der Waals surface area contributed by atoms with Crippen LogP contribution in [0.4, 0.5) is 4.39 Å². The Hall–Kier alpha value is -1.17. The van der Waals surface area contributed by atoms with Gasteiger partial charge in [-0.3, -0.25) is 4.79 Å². The minimum atomic E-state index is -0.948. The fourth-order valence-electron chi connectivity index (χ4n) is 2.91. The van der Waals surface area contributed by atoms with Crippen molar-refractivity contribution in [2.24, 2.45) is 11.1 Å². The van der Waals surface area contributed by atoms with E-state index in [9.17, 15) is 9.18 Å². The minimum Gasteiger partial charge on any atom is -0.378 e. The highest BCUT2D eigenvalue weighted by Crippen LogP contribution is 2.49. The number of ether oxygens (including phenoxy) is 1. The average Bonchev–Trinajstić information content (AvgIpc) is 2.47. The van der Waals surface area contributed by atoms with Gasteiger partial charge in [0, 0.05) is 25.0 Å². The summed E-state index contributed by atoms with van der Waals surface area (Å²) in [5.41, 5.74) is 6.23. The first-order chi connectivity index (χ1) is 10.2. The molecule has 0 heterocycles. The van der Waals surface area contributed by atoms with Crippen LogP contribution < -0.4 is 11.1 Å². The molecule has 2 rings (SSSR count). The summed E-state index contributed by atoms with van der Waals surface area (Å²) in [7, 11) is 0. The second kappa shape index (κ2) is 7.16. The molecule has 2 unspecified atom stereocenters. The van der Waals surface area contributed by atoms with Gasteiger partial charge in [-0.1, -0.05) is 26.0 Å². The molecular weight excluding hydrogens is 319 g/mol. The molecule has 0 bridgehead atoms. The summed E-state index contributed by atoms with van der Waals surface area (Å²) in [5.74, 6) is -0.482. The van der Waals surface area contributed by atoms with Crippen LogP contribution in [0.1, 0.15) is 38.3 Å². The van der Waals surface area contributed by atoms with Crippen molar-refractivity contribution in [1.29, 1.82) is 0 Å². The van der Waals surface area contributed by atoms with Gasteiger partial charge in [-0.25, -0.2) is 4.39 Å². The highest BCUT2D eigenvalue weighted by molar-refractivity contribution is 5.88. The molecule has 1 amide bonds. The van der Waals surface area contributed by atoms with E-state index in [1.54, 1.807) is 19.1 Å². The van der Waals surface area contributed by atoms with Gasteiger partial charge >= 0.3 is 0 Å². The number of nitrogens with one attached hydrogen (secondary N) is 1. The summed E-state index contributed by atoms with van der Waals surface area (Å²) in [6.07, 6.45) is 0.493. The summed E-state index contributed by atoms with van der Waals surface area (Å²) in [5, 5.41) is 2.82. The monoisotopic (exact) mass is 344 g/mol. The van der Waals surface area contributed by atoms with Crippen molar-refractivity contribution in [3.8, 4) is 0 Å². The second-order valence-electron chi connectivity index (χ2n) is 6.61. The molecule has 0 saturated heterocycles. The number of nitrogens with two attached hydrogens (primary N) is 1. The molecule has 1 saturated carbocycles. The van der Waals surface area contributed by atoms with Crippen LogP contribution in [-0.2, 0) is 16.1 Å². The fourth-order valence-corrected chi connectivity index (χ4v) is 2.91. The predicted molar refractivity (Wildman–Crippen MR) is 91.0 cm³/mol. The molecule has 1 fully saturated rings. The molecule has 2 atom stereocenters. The third-order valence-corrected chi connectivity index (χ3v) is 4.92. The molecule has 0 radical (unpaired) electrons. The molecule has 0 spiro atoms. The Kier molecular flexibility index (Phi) is 6.18. The number of halogens is 2. The highest BCUT2D eigenvalue weighted by atomic mass is 35.5. The first kappa shape index (κ1) is 19.9. The number of hydrogen-bond donors (Lipinski definition) is 2. The molecule has 23 heavy (non-hydrogen) atoms. The van der Waals surface area contributed by atoms with Gasteiger partial charge in [0.15, 0.2) is 0 Å². The third-order valence-electron chi connectivity index (χ3n) is 4.92. The molecule has 1 aromatic carbocycles. The standard InChI is InChI=1S/C17H25FN2O2.ClH/c1-5-22-14-9-17(19,16(14,3)4)15(21)20-10-12-7-6-11(2)13(18)8-12;/h6-8,14H,5,9-10,19H2,1-4H3,(H,20,21);1H. The largest absolute Gasteiger partial charge is 0.378 e. The Morgan fingerprint density at radius 2 is 2.13 bits per heavy atom.